The van der Waals surface area contributed by atoms with E-state index in [1.165, 1.54) is 12.1 Å². The molecule has 0 saturated heterocycles. The zero-order valence-electron chi connectivity index (χ0n) is 19.7. The van der Waals surface area contributed by atoms with E-state index >= 15 is 0 Å². The summed E-state index contributed by atoms with van der Waals surface area (Å²) in [5.41, 5.74) is 1.94. The summed E-state index contributed by atoms with van der Waals surface area (Å²) < 4.78 is 17.6. The molecule has 0 bridgehead atoms. The number of halogens is 2. The van der Waals surface area contributed by atoms with Gasteiger partial charge in [0, 0.05) is 17.5 Å². The molecule has 2 heterocycles. The van der Waals surface area contributed by atoms with Crippen LogP contribution in [0.4, 0.5) is 0 Å². The summed E-state index contributed by atoms with van der Waals surface area (Å²) in [5, 5.41) is 23.6. The Morgan fingerprint density at radius 1 is 0.947 bits per heavy atom. The van der Waals surface area contributed by atoms with Crippen molar-refractivity contribution in [1.29, 1.82) is 0 Å². The molecule has 2 aromatic heterocycles. The van der Waals surface area contributed by atoms with Crippen LogP contribution in [0.3, 0.4) is 0 Å². The maximum atomic E-state index is 10.9. The Morgan fingerprint density at radius 2 is 1.66 bits per heavy atom. The van der Waals surface area contributed by atoms with Crippen LogP contribution in [0.2, 0.25) is 10.0 Å². The first-order valence-corrected chi connectivity index (χ1v) is 12.6. The fourth-order valence-electron chi connectivity index (χ4n) is 4.17. The highest BCUT2D eigenvalue weighted by Gasteiger charge is 2.33. The molecule has 0 amide bonds. The molecule has 1 N–H and O–H groups in total. The van der Waals surface area contributed by atoms with Gasteiger partial charge >= 0.3 is 5.97 Å². The molecule has 0 atom stereocenters. The number of aromatic carboxylic acids is 1. The van der Waals surface area contributed by atoms with Crippen molar-refractivity contribution in [2.24, 2.45) is 0 Å². The summed E-state index contributed by atoms with van der Waals surface area (Å²) in [5.74, 6) is 1.42. The first-order chi connectivity index (χ1) is 18.5. The van der Waals surface area contributed by atoms with Gasteiger partial charge in [0.2, 0.25) is 5.88 Å². The molecule has 3 aromatic carbocycles. The zero-order valence-corrected chi connectivity index (χ0v) is 21.2. The second kappa shape index (κ2) is 9.96. The van der Waals surface area contributed by atoms with Crippen molar-refractivity contribution in [2.75, 3.05) is 0 Å². The molecule has 8 nitrogen and oxygen atoms in total. The van der Waals surface area contributed by atoms with Crippen molar-refractivity contribution in [1.82, 2.24) is 15.4 Å². The van der Waals surface area contributed by atoms with E-state index in [2.05, 4.69) is 15.4 Å². The standard InChI is InChI=1S/C28H19Cl2N3O5/c29-21-2-1-3-22(30)25(21)26-20(27(38-33-26)15-4-5-15)14-36-18-8-6-17-13-19(9-7-16(17)12-18)37-24-11-10-23(28(34)35)31-32-24/h1-3,6-13,15H,4-5,14H2,(H,34,35). The van der Waals surface area contributed by atoms with E-state index in [1.54, 1.807) is 24.3 Å². The Labute approximate surface area is 226 Å². The second-order valence-electron chi connectivity index (χ2n) is 8.87. The van der Waals surface area contributed by atoms with Gasteiger partial charge in [-0.1, -0.05) is 46.6 Å². The molecule has 1 fully saturated rings. The van der Waals surface area contributed by atoms with Gasteiger partial charge in [0.15, 0.2) is 5.69 Å². The molecule has 1 saturated carbocycles. The van der Waals surface area contributed by atoms with Gasteiger partial charge in [0.25, 0.3) is 0 Å². The number of benzene rings is 3. The van der Waals surface area contributed by atoms with E-state index in [4.69, 9.17) is 42.3 Å². The van der Waals surface area contributed by atoms with Gasteiger partial charge in [-0.2, -0.15) is 0 Å². The van der Waals surface area contributed by atoms with Crippen LogP contribution >= 0.6 is 23.2 Å². The Bertz CT molecular complexity index is 1650. The molecule has 190 valence electrons. The number of nitrogens with zero attached hydrogens (tertiary/aromatic N) is 3. The lowest BCUT2D eigenvalue weighted by atomic mass is 10.0. The van der Waals surface area contributed by atoms with Gasteiger partial charge in [-0.25, -0.2) is 4.79 Å². The number of carbonyl (C=O) groups is 1. The lowest BCUT2D eigenvalue weighted by Crippen LogP contribution is -2.02. The number of rotatable bonds is 8. The number of aromatic nitrogens is 3. The van der Waals surface area contributed by atoms with Crippen molar-refractivity contribution in [3.05, 3.63) is 93.8 Å². The summed E-state index contributed by atoms with van der Waals surface area (Å²) in [6.07, 6.45) is 2.10. The summed E-state index contributed by atoms with van der Waals surface area (Å²) in [7, 11) is 0. The van der Waals surface area contributed by atoms with Crippen molar-refractivity contribution >= 4 is 39.9 Å². The van der Waals surface area contributed by atoms with E-state index in [0.717, 1.165) is 34.9 Å². The van der Waals surface area contributed by atoms with Crippen LogP contribution in [0, 0.1) is 0 Å². The smallest absolute Gasteiger partial charge is 0.356 e. The van der Waals surface area contributed by atoms with Gasteiger partial charge < -0.3 is 19.1 Å². The van der Waals surface area contributed by atoms with Gasteiger partial charge in [0.05, 0.1) is 15.6 Å². The SMILES string of the molecule is O=C(O)c1ccc(Oc2ccc3cc(OCc4c(-c5c(Cl)cccc5Cl)noc4C4CC4)ccc3c2)nn1. The summed E-state index contributed by atoms with van der Waals surface area (Å²) in [4.78, 5) is 10.9. The van der Waals surface area contributed by atoms with E-state index < -0.39 is 5.97 Å². The van der Waals surface area contributed by atoms with Crippen LogP contribution in [0.1, 0.15) is 40.6 Å². The monoisotopic (exact) mass is 547 g/mol. The molecular weight excluding hydrogens is 529 g/mol. The van der Waals surface area contributed by atoms with E-state index in [9.17, 15) is 4.79 Å². The van der Waals surface area contributed by atoms with Gasteiger partial charge in [-0.3, -0.25) is 0 Å². The third-order valence-corrected chi connectivity index (χ3v) is 6.84. The fourth-order valence-corrected chi connectivity index (χ4v) is 4.74. The molecule has 0 spiro atoms. The molecule has 1 aliphatic rings. The summed E-state index contributed by atoms with van der Waals surface area (Å²) >= 11 is 12.9. The number of carboxylic acid groups (broad SMARTS) is 1. The molecule has 1 aliphatic carbocycles. The Balaban J connectivity index is 1.22. The lowest BCUT2D eigenvalue weighted by Gasteiger charge is -2.11. The highest BCUT2D eigenvalue weighted by atomic mass is 35.5. The number of fused-ring (bicyclic) bond motifs is 1. The van der Waals surface area contributed by atoms with Crippen molar-refractivity contribution < 1.29 is 23.9 Å². The Morgan fingerprint density at radius 3 is 2.32 bits per heavy atom. The van der Waals surface area contributed by atoms with E-state index in [1.807, 2.05) is 30.3 Å². The van der Waals surface area contributed by atoms with Crippen molar-refractivity contribution in [3.8, 4) is 28.6 Å². The largest absolute Gasteiger partial charge is 0.489 e. The first-order valence-electron chi connectivity index (χ1n) is 11.8. The second-order valence-corrected chi connectivity index (χ2v) is 9.68. The quantitative estimate of drug-likeness (QED) is 0.212. The average molecular weight is 548 g/mol. The normalized spacial score (nSPS) is 13.0. The summed E-state index contributed by atoms with van der Waals surface area (Å²) in [6, 6.07) is 19.4. The van der Waals surface area contributed by atoms with Gasteiger partial charge in [0.1, 0.15) is 29.6 Å². The maximum absolute atomic E-state index is 10.9. The molecule has 38 heavy (non-hydrogen) atoms. The fraction of sp³-hybridized carbons (Fsp3) is 0.143. The van der Waals surface area contributed by atoms with E-state index in [-0.39, 0.29) is 18.2 Å². The molecular formula is C28H19Cl2N3O5. The van der Waals surface area contributed by atoms with Crippen molar-refractivity contribution in [2.45, 2.75) is 25.4 Å². The number of ether oxygens (including phenoxy) is 2. The van der Waals surface area contributed by atoms with Crippen molar-refractivity contribution in [3.63, 3.8) is 0 Å². The molecule has 6 rings (SSSR count). The van der Waals surface area contributed by atoms with Crippen LogP contribution in [0.5, 0.6) is 17.4 Å². The van der Waals surface area contributed by atoms with Crippen LogP contribution < -0.4 is 9.47 Å². The predicted octanol–water partition coefficient (Wildman–Crippen LogP) is 7.54. The highest BCUT2D eigenvalue weighted by Crippen LogP contribution is 2.46. The minimum Gasteiger partial charge on any atom is -0.489 e. The van der Waals surface area contributed by atoms with Crippen LogP contribution in [-0.2, 0) is 6.61 Å². The third-order valence-electron chi connectivity index (χ3n) is 6.21. The van der Waals surface area contributed by atoms with Gasteiger partial charge in [-0.15, -0.1) is 10.2 Å². The van der Waals surface area contributed by atoms with E-state index in [0.29, 0.717) is 38.7 Å². The Hall–Kier alpha value is -4.14. The average Bonchev–Trinajstić information content (AvgIpc) is 3.68. The zero-order chi connectivity index (χ0) is 26.2. The highest BCUT2D eigenvalue weighted by molar-refractivity contribution is 6.39. The van der Waals surface area contributed by atoms with Crippen LogP contribution in [-0.4, -0.2) is 26.4 Å². The predicted molar refractivity (Wildman–Crippen MR) is 141 cm³/mol. The number of hydrogen-bond donors (Lipinski definition) is 1. The topological polar surface area (TPSA) is 108 Å². The molecule has 0 unspecified atom stereocenters. The van der Waals surface area contributed by atoms with Gasteiger partial charge in [-0.05, 0) is 66.1 Å². The number of hydrogen-bond acceptors (Lipinski definition) is 7. The first kappa shape index (κ1) is 24.2. The molecule has 10 heteroatoms. The number of carboxylic acids is 1. The summed E-state index contributed by atoms with van der Waals surface area (Å²) in [6.45, 7) is 0.254. The molecule has 5 aromatic rings. The van der Waals surface area contributed by atoms with Crippen LogP contribution in [0.25, 0.3) is 22.0 Å². The maximum Gasteiger partial charge on any atom is 0.356 e. The Kier molecular flexibility index (Phi) is 6.35. The molecule has 0 aliphatic heterocycles. The minimum atomic E-state index is -1.15. The molecule has 0 radical (unpaired) electrons. The minimum absolute atomic E-state index is 0.152. The van der Waals surface area contributed by atoms with Crippen LogP contribution in [0.15, 0.2) is 71.3 Å². The lowest BCUT2D eigenvalue weighted by molar-refractivity contribution is 0.0689. The third kappa shape index (κ3) is 4.88.